The van der Waals surface area contributed by atoms with Crippen molar-refractivity contribution in [1.82, 2.24) is 9.97 Å². The van der Waals surface area contributed by atoms with E-state index in [-0.39, 0.29) is 11.6 Å². The number of carbonyl (C=O) groups excluding carboxylic acids is 1. The van der Waals surface area contributed by atoms with E-state index in [9.17, 15) is 4.79 Å². The number of rotatable bonds is 5. The molecule has 21 heavy (non-hydrogen) atoms. The minimum atomic E-state index is -0.377. The van der Waals surface area contributed by atoms with Crippen LogP contribution in [-0.2, 0) is 0 Å². The highest BCUT2D eigenvalue weighted by atomic mass is 35.5. The highest BCUT2D eigenvalue weighted by molar-refractivity contribution is 6.35. The standard InChI is InChI=1S/C14H12Cl2N4O/c1-2-4-17-14-18-5-3-12(20-14)13(21)19-11-7-9(15)6-10(16)8-11/h2-3,5-8H,1,4H2,(H,19,21)(H,17,18,20). The first-order valence-electron chi connectivity index (χ1n) is 6.04. The van der Waals surface area contributed by atoms with Crippen LogP contribution in [0, 0.1) is 0 Å². The van der Waals surface area contributed by atoms with E-state index in [1.807, 2.05) is 0 Å². The molecule has 0 atom stereocenters. The summed E-state index contributed by atoms with van der Waals surface area (Å²) in [6.07, 6.45) is 3.17. The fraction of sp³-hybridized carbons (Fsp3) is 0.0714. The molecule has 0 aliphatic carbocycles. The topological polar surface area (TPSA) is 66.9 Å². The molecule has 0 bridgehead atoms. The van der Waals surface area contributed by atoms with Gasteiger partial charge in [-0.05, 0) is 24.3 Å². The molecule has 0 spiro atoms. The summed E-state index contributed by atoms with van der Waals surface area (Å²) in [6, 6.07) is 6.30. The van der Waals surface area contributed by atoms with Crippen LogP contribution in [0.5, 0.6) is 0 Å². The van der Waals surface area contributed by atoms with Gasteiger partial charge in [0, 0.05) is 28.5 Å². The van der Waals surface area contributed by atoms with Gasteiger partial charge in [0.05, 0.1) is 0 Å². The molecular formula is C14H12Cl2N4O. The van der Waals surface area contributed by atoms with E-state index in [0.717, 1.165) is 0 Å². The molecule has 1 amide bonds. The third-order valence-corrected chi connectivity index (χ3v) is 2.85. The Balaban J connectivity index is 2.14. The normalized spacial score (nSPS) is 10.0. The van der Waals surface area contributed by atoms with Gasteiger partial charge in [0.1, 0.15) is 5.69 Å². The Morgan fingerprint density at radius 3 is 2.67 bits per heavy atom. The monoisotopic (exact) mass is 322 g/mol. The summed E-state index contributed by atoms with van der Waals surface area (Å²) in [7, 11) is 0. The summed E-state index contributed by atoms with van der Waals surface area (Å²) in [5.41, 5.74) is 0.726. The number of hydrogen-bond acceptors (Lipinski definition) is 4. The second kappa shape index (κ2) is 7.06. The molecule has 2 aromatic rings. The molecule has 1 aromatic carbocycles. The number of carbonyl (C=O) groups is 1. The molecule has 0 aliphatic rings. The van der Waals surface area contributed by atoms with E-state index in [4.69, 9.17) is 23.2 Å². The van der Waals surface area contributed by atoms with Crippen LogP contribution in [0.4, 0.5) is 11.6 Å². The minimum absolute atomic E-state index is 0.229. The van der Waals surface area contributed by atoms with Crippen molar-refractivity contribution < 1.29 is 4.79 Å². The second-order valence-corrected chi connectivity index (χ2v) is 4.92. The first-order valence-corrected chi connectivity index (χ1v) is 6.79. The molecule has 0 saturated carbocycles. The van der Waals surface area contributed by atoms with E-state index in [0.29, 0.717) is 28.2 Å². The Bertz CT molecular complexity index is 656. The fourth-order valence-corrected chi connectivity index (χ4v) is 2.08. The molecule has 0 saturated heterocycles. The Hall–Kier alpha value is -2.11. The zero-order valence-corrected chi connectivity index (χ0v) is 12.4. The lowest BCUT2D eigenvalue weighted by molar-refractivity contribution is 0.102. The maximum Gasteiger partial charge on any atom is 0.274 e. The molecule has 0 unspecified atom stereocenters. The van der Waals surface area contributed by atoms with Gasteiger partial charge < -0.3 is 10.6 Å². The number of hydrogen-bond donors (Lipinski definition) is 2. The van der Waals surface area contributed by atoms with Crippen LogP contribution < -0.4 is 10.6 Å². The number of benzene rings is 1. The lowest BCUT2D eigenvalue weighted by Gasteiger charge is -2.07. The van der Waals surface area contributed by atoms with E-state index in [1.165, 1.54) is 12.3 Å². The molecule has 7 heteroatoms. The van der Waals surface area contributed by atoms with Gasteiger partial charge in [-0.2, -0.15) is 0 Å². The smallest absolute Gasteiger partial charge is 0.274 e. The maximum absolute atomic E-state index is 12.1. The van der Waals surface area contributed by atoms with Crippen LogP contribution in [0.1, 0.15) is 10.5 Å². The molecule has 108 valence electrons. The first-order chi connectivity index (χ1) is 10.1. The Morgan fingerprint density at radius 2 is 2.00 bits per heavy atom. The average Bonchev–Trinajstić information content (AvgIpc) is 2.44. The Morgan fingerprint density at radius 1 is 1.29 bits per heavy atom. The lowest BCUT2D eigenvalue weighted by atomic mass is 10.3. The third kappa shape index (κ3) is 4.44. The summed E-state index contributed by atoms with van der Waals surface area (Å²) < 4.78 is 0. The minimum Gasteiger partial charge on any atom is -0.351 e. The van der Waals surface area contributed by atoms with Crippen LogP contribution >= 0.6 is 23.2 Å². The van der Waals surface area contributed by atoms with Gasteiger partial charge >= 0.3 is 0 Å². The summed E-state index contributed by atoms with van der Waals surface area (Å²) in [6.45, 7) is 4.09. The van der Waals surface area contributed by atoms with Crippen molar-refractivity contribution >= 4 is 40.7 Å². The molecule has 1 heterocycles. The lowest BCUT2D eigenvalue weighted by Crippen LogP contribution is -2.15. The number of amides is 1. The van der Waals surface area contributed by atoms with Crippen LogP contribution in [0.3, 0.4) is 0 Å². The number of halogens is 2. The summed E-state index contributed by atoms with van der Waals surface area (Å²) in [5.74, 6) is -0.0240. The highest BCUT2D eigenvalue weighted by Crippen LogP contribution is 2.22. The molecule has 0 fully saturated rings. The van der Waals surface area contributed by atoms with Crippen molar-refractivity contribution in [1.29, 1.82) is 0 Å². The molecule has 1 aromatic heterocycles. The van der Waals surface area contributed by atoms with Crippen LogP contribution in [0.25, 0.3) is 0 Å². The molecular weight excluding hydrogens is 311 g/mol. The third-order valence-electron chi connectivity index (χ3n) is 2.41. The zero-order valence-electron chi connectivity index (χ0n) is 10.9. The van der Waals surface area contributed by atoms with Crippen LogP contribution in [0.15, 0.2) is 43.1 Å². The van der Waals surface area contributed by atoms with Crippen molar-refractivity contribution in [3.63, 3.8) is 0 Å². The molecule has 0 aliphatic heterocycles. The van der Waals surface area contributed by atoms with Gasteiger partial charge in [-0.3, -0.25) is 4.79 Å². The zero-order chi connectivity index (χ0) is 15.2. The summed E-state index contributed by atoms with van der Waals surface area (Å²) >= 11 is 11.8. The van der Waals surface area contributed by atoms with E-state index in [2.05, 4.69) is 27.2 Å². The van der Waals surface area contributed by atoms with Crippen molar-refractivity contribution in [2.75, 3.05) is 17.2 Å². The largest absolute Gasteiger partial charge is 0.351 e. The Labute approximate surface area is 132 Å². The van der Waals surface area contributed by atoms with Gasteiger partial charge in [0.25, 0.3) is 5.91 Å². The van der Waals surface area contributed by atoms with E-state index < -0.39 is 0 Å². The van der Waals surface area contributed by atoms with Gasteiger partial charge in [0.2, 0.25) is 5.95 Å². The van der Waals surface area contributed by atoms with Gasteiger partial charge in [0.15, 0.2) is 0 Å². The Kier molecular flexibility index (Phi) is 5.14. The average molecular weight is 323 g/mol. The molecule has 2 N–H and O–H groups in total. The predicted molar refractivity (Wildman–Crippen MR) is 85.1 cm³/mol. The highest BCUT2D eigenvalue weighted by Gasteiger charge is 2.10. The maximum atomic E-state index is 12.1. The molecule has 5 nitrogen and oxygen atoms in total. The quantitative estimate of drug-likeness (QED) is 0.825. The van der Waals surface area contributed by atoms with Crippen LogP contribution in [-0.4, -0.2) is 22.4 Å². The van der Waals surface area contributed by atoms with Gasteiger partial charge in [-0.1, -0.05) is 29.3 Å². The van der Waals surface area contributed by atoms with Crippen molar-refractivity contribution in [3.8, 4) is 0 Å². The number of anilines is 2. The predicted octanol–water partition coefficient (Wildman–Crippen LogP) is 3.63. The number of aromatic nitrogens is 2. The van der Waals surface area contributed by atoms with E-state index in [1.54, 1.807) is 24.3 Å². The number of nitrogens with zero attached hydrogens (tertiary/aromatic N) is 2. The summed E-state index contributed by atoms with van der Waals surface area (Å²) in [5, 5.41) is 6.46. The number of nitrogens with one attached hydrogen (secondary N) is 2. The van der Waals surface area contributed by atoms with E-state index >= 15 is 0 Å². The van der Waals surface area contributed by atoms with Gasteiger partial charge in [-0.15, -0.1) is 6.58 Å². The SMILES string of the molecule is C=CCNc1nccc(C(=O)Nc2cc(Cl)cc(Cl)c2)n1. The van der Waals surface area contributed by atoms with Crippen molar-refractivity contribution in [2.24, 2.45) is 0 Å². The first kappa shape index (κ1) is 15.3. The fourth-order valence-electron chi connectivity index (χ4n) is 1.55. The summed E-state index contributed by atoms with van der Waals surface area (Å²) in [4.78, 5) is 20.2. The second-order valence-electron chi connectivity index (χ2n) is 4.05. The van der Waals surface area contributed by atoms with Crippen LogP contribution in [0.2, 0.25) is 10.0 Å². The van der Waals surface area contributed by atoms with Crippen molar-refractivity contribution in [3.05, 3.63) is 58.9 Å². The van der Waals surface area contributed by atoms with Gasteiger partial charge in [-0.25, -0.2) is 9.97 Å². The molecule has 0 radical (unpaired) electrons. The van der Waals surface area contributed by atoms with Crippen molar-refractivity contribution in [2.45, 2.75) is 0 Å². The molecule has 2 rings (SSSR count).